The van der Waals surface area contributed by atoms with Crippen LogP contribution in [-0.4, -0.2) is 45.0 Å². The Kier molecular flexibility index (Phi) is 4.67. The molecule has 0 radical (unpaired) electrons. The number of carbonyl (C=O) groups excluding carboxylic acids is 1. The maximum atomic E-state index is 11.5. The lowest BCUT2D eigenvalue weighted by Crippen LogP contribution is -2.22. The molecule has 1 saturated heterocycles. The van der Waals surface area contributed by atoms with Gasteiger partial charge in [-0.2, -0.15) is 4.98 Å². The lowest BCUT2D eigenvalue weighted by molar-refractivity contribution is -0.162. The van der Waals surface area contributed by atoms with Crippen LogP contribution in [0.25, 0.3) is 11.2 Å². The van der Waals surface area contributed by atoms with E-state index >= 15 is 0 Å². The number of carbonyl (C=O) groups is 1. The maximum Gasteiger partial charge on any atom is 0.308 e. The third-order valence-electron chi connectivity index (χ3n) is 3.23. The molecular formula is C13H14Cl2N4O4. The van der Waals surface area contributed by atoms with Crippen molar-refractivity contribution >= 4 is 40.3 Å². The first-order valence-electron chi connectivity index (χ1n) is 6.95. The van der Waals surface area contributed by atoms with Gasteiger partial charge < -0.3 is 14.2 Å². The number of fused-ring (bicyclic) bond motifs is 1. The number of aromatic nitrogens is 4. The molecule has 2 aromatic rings. The second-order valence-corrected chi connectivity index (χ2v) is 5.94. The number of esters is 1. The number of hydrogen-bond donors (Lipinski definition) is 0. The molecule has 1 aliphatic rings. The first kappa shape index (κ1) is 16.4. The van der Waals surface area contributed by atoms with Crippen LogP contribution in [0.1, 0.15) is 20.1 Å². The quantitative estimate of drug-likeness (QED) is 0.469. The Bertz CT molecular complexity index is 736. The van der Waals surface area contributed by atoms with Gasteiger partial charge in [0.15, 0.2) is 23.3 Å². The van der Waals surface area contributed by atoms with E-state index in [9.17, 15) is 4.79 Å². The van der Waals surface area contributed by atoms with Gasteiger partial charge in [-0.1, -0.05) is 25.4 Å². The van der Waals surface area contributed by atoms with Crippen LogP contribution in [-0.2, 0) is 19.0 Å². The summed E-state index contributed by atoms with van der Waals surface area (Å²) in [5.41, 5.74) is 0.873. The molecule has 1 fully saturated rings. The summed E-state index contributed by atoms with van der Waals surface area (Å²) in [6.45, 7) is 3.80. The van der Waals surface area contributed by atoms with Crippen molar-refractivity contribution in [3.63, 3.8) is 0 Å². The Morgan fingerprint density at radius 3 is 3.00 bits per heavy atom. The van der Waals surface area contributed by atoms with Gasteiger partial charge in [-0.05, 0) is 11.6 Å². The van der Waals surface area contributed by atoms with E-state index in [1.54, 1.807) is 18.4 Å². The van der Waals surface area contributed by atoms with Crippen LogP contribution in [0.2, 0.25) is 10.4 Å². The molecule has 1 aliphatic heterocycles. The van der Waals surface area contributed by atoms with Crippen molar-refractivity contribution in [2.45, 2.75) is 26.4 Å². The van der Waals surface area contributed by atoms with Crippen LogP contribution in [0, 0.1) is 5.92 Å². The van der Waals surface area contributed by atoms with Crippen molar-refractivity contribution in [1.29, 1.82) is 0 Å². The van der Waals surface area contributed by atoms with Crippen LogP contribution in [0.5, 0.6) is 0 Å². The van der Waals surface area contributed by atoms with E-state index in [0.29, 0.717) is 11.2 Å². The molecule has 0 saturated carbocycles. The summed E-state index contributed by atoms with van der Waals surface area (Å²) >= 11 is 11.8. The fourth-order valence-electron chi connectivity index (χ4n) is 2.06. The number of halogens is 2. The minimum atomic E-state index is -0.645. The minimum Gasteiger partial charge on any atom is -0.460 e. The van der Waals surface area contributed by atoms with Gasteiger partial charge in [0, 0.05) is 0 Å². The van der Waals surface area contributed by atoms with E-state index in [1.807, 2.05) is 0 Å². The fourth-order valence-corrected chi connectivity index (χ4v) is 2.48. The zero-order chi connectivity index (χ0) is 16.6. The summed E-state index contributed by atoms with van der Waals surface area (Å²) in [6.07, 6.45) is 0.413. The van der Waals surface area contributed by atoms with Gasteiger partial charge in [-0.25, -0.2) is 9.97 Å². The van der Waals surface area contributed by atoms with E-state index in [1.165, 1.54) is 6.33 Å². The first-order chi connectivity index (χ1) is 11.0. The summed E-state index contributed by atoms with van der Waals surface area (Å²) in [5.74, 6) is -0.509. The van der Waals surface area contributed by atoms with Crippen LogP contribution in [0.3, 0.4) is 0 Å². The molecule has 0 spiro atoms. The number of imidazole rings is 1. The van der Waals surface area contributed by atoms with Crippen LogP contribution < -0.4 is 0 Å². The minimum absolute atomic E-state index is 0.0191. The largest absolute Gasteiger partial charge is 0.460 e. The molecule has 0 amide bonds. The van der Waals surface area contributed by atoms with E-state index in [2.05, 4.69) is 15.0 Å². The van der Waals surface area contributed by atoms with Crippen LogP contribution >= 0.6 is 23.2 Å². The maximum absolute atomic E-state index is 11.5. The van der Waals surface area contributed by atoms with E-state index in [0.717, 1.165) is 0 Å². The molecule has 10 heteroatoms. The Morgan fingerprint density at radius 2 is 2.26 bits per heavy atom. The number of ether oxygens (including phenoxy) is 3. The van der Waals surface area contributed by atoms with Crippen molar-refractivity contribution in [3.05, 3.63) is 16.8 Å². The van der Waals surface area contributed by atoms with E-state index < -0.39 is 12.5 Å². The van der Waals surface area contributed by atoms with Crippen LogP contribution in [0.4, 0.5) is 0 Å². The Balaban J connectivity index is 1.71. The number of rotatable bonds is 4. The summed E-state index contributed by atoms with van der Waals surface area (Å²) < 4.78 is 17.9. The lowest BCUT2D eigenvalue weighted by atomic mass is 10.2. The highest BCUT2D eigenvalue weighted by atomic mass is 35.5. The fraction of sp³-hybridized carbons (Fsp3) is 0.538. The highest BCUT2D eigenvalue weighted by Crippen LogP contribution is 2.27. The SMILES string of the molecule is CC(C)C(=O)OCC1OC[C@H](n2cnc3c(Cl)nc(Cl)nc32)O1. The zero-order valence-corrected chi connectivity index (χ0v) is 13.9. The smallest absolute Gasteiger partial charge is 0.308 e. The monoisotopic (exact) mass is 360 g/mol. The van der Waals surface area contributed by atoms with Gasteiger partial charge in [0.25, 0.3) is 0 Å². The third-order valence-corrected chi connectivity index (χ3v) is 3.66. The summed E-state index contributed by atoms with van der Waals surface area (Å²) in [5, 5.41) is 0.186. The van der Waals surface area contributed by atoms with Crippen molar-refractivity contribution in [2.75, 3.05) is 13.2 Å². The molecule has 2 aromatic heterocycles. The standard InChI is InChI=1S/C13H14Cl2N4O4/c1-6(2)12(20)22-4-8-21-3-7(23-8)19-5-16-9-10(14)17-13(15)18-11(9)19/h5-8H,3-4H2,1-2H3/t7-,8?/m1/s1. The molecule has 0 aromatic carbocycles. The molecule has 3 heterocycles. The molecule has 124 valence electrons. The van der Waals surface area contributed by atoms with Crippen molar-refractivity contribution in [3.8, 4) is 0 Å². The number of hydrogen-bond acceptors (Lipinski definition) is 7. The van der Waals surface area contributed by atoms with Gasteiger partial charge in [0.2, 0.25) is 5.28 Å². The zero-order valence-electron chi connectivity index (χ0n) is 12.4. The van der Waals surface area contributed by atoms with Gasteiger partial charge >= 0.3 is 5.97 Å². The Hall–Kier alpha value is -1.48. The highest BCUT2D eigenvalue weighted by Gasteiger charge is 2.30. The summed E-state index contributed by atoms with van der Waals surface area (Å²) in [6, 6.07) is 0. The molecular weight excluding hydrogens is 347 g/mol. The van der Waals surface area contributed by atoms with Gasteiger partial charge in [-0.3, -0.25) is 9.36 Å². The van der Waals surface area contributed by atoms with Gasteiger partial charge in [0.05, 0.1) is 18.9 Å². The lowest BCUT2D eigenvalue weighted by Gasteiger charge is -2.13. The molecule has 2 atom stereocenters. The summed E-state index contributed by atoms with van der Waals surface area (Å²) in [4.78, 5) is 23.6. The highest BCUT2D eigenvalue weighted by molar-refractivity contribution is 6.35. The molecule has 0 N–H and O–H groups in total. The Morgan fingerprint density at radius 1 is 1.48 bits per heavy atom. The van der Waals surface area contributed by atoms with E-state index in [-0.39, 0.29) is 35.5 Å². The number of nitrogens with zero attached hydrogens (tertiary/aromatic N) is 4. The second kappa shape index (κ2) is 6.56. The second-order valence-electron chi connectivity index (χ2n) is 5.25. The third kappa shape index (κ3) is 3.40. The van der Waals surface area contributed by atoms with E-state index in [4.69, 9.17) is 37.4 Å². The predicted octanol–water partition coefficient (Wildman–Crippen LogP) is 2.20. The van der Waals surface area contributed by atoms with Crippen molar-refractivity contribution in [1.82, 2.24) is 19.5 Å². The van der Waals surface area contributed by atoms with Gasteiger partial charge in [-0.15, -0.1) is 0 Å². The first-order valence-corrected chi connectivity index (χ1v) is 7.70. The van der Waals surface area contributed by atoms with Crippen molar-refractivity contribution in [2.24, 2.45) is 5.92 Å². The molecule has 3 rings (SSSR count). The molecule has 0 bridgehead atoms. The molecule has 23 heavy (non-hydrogen) atoms. The predicted molar refractivity (Wildman–Crippen MR) is 81.0 cm³/mol. The Labute approximate surface area is 141 Å². The normalized spacial score (nSPS) is 21.3. The van der Waals surface area contributed by atoms with Crippen LogP contribution in [0.15, 0.2) is 6.33 Å². The molecule has 1 unspecified atom stereocenters. The molecule has 8 nitrogen and oxygen atoms in total. The van der Waals surface area contributed by atoms with Gasteiger partial charge in [0.1, 0.15) is 12.1 Å². The topological polar surface area (TPSA) is 88.4 Å². The average Bonchev–Trinajstić information content (AvgIpc) is 3.10. The molecule has 0 aliphatic carbocycles. The van der Waals surface area contributed by atoms with Crippen molar-refractivity contribution < 1.29 is 19.0 Å². The average molecular weight is 361 g/mol. The summed E-state index contributed by atoms with van der Waals surface area (Å²) in [7, 11) is 0.